The maximum Gasteiger partial charge on any atom is 0.394 e. The zero-order valence-electron chi connectivity index (χ0n) is 8.85. The van der Waals surface area contributed by atoms with E-state index in [-0.39, 0.29) is 0 Å². The first-order chi connectivity index (χ1) is 7.68. The van der Waals surface area contributed by atoms with Crippen LogP contribution >= 0.6 is 0 Å². The number of carboxylic acid groups (broad SMARTS) is 1. The average Bonchev–Trinajstić information content (AvgIpc) is 2.49. The van der Waals surface area contributed by atoms with Crippen molar-refractivity contribution in [2.24, 2.45) is 0 Å². The van der Waals surface area contributed by atoms with Gasteiger partial charge in [0.25, 0.3) is 0 Å². The summed E-state index contributed by atoms with van der Waals surface area (Å²) in [6, 6.07) is 7.86. The lowest BCUT2D eigenvalue weighted by atomic mass is 10.0. The van der Waals surface area contributed by atoms with E-state index < -0.39 is 11.9 Å². The number of nitrogens with zero attached hydrogens (tertiary/aromatic N) is 1. The van der Waals surface area contributed by atoms with Crippen molar-refractivity contribution in [2.75, 3.05) is 6.54 Å². The minimum atomic E-state index is -1.38. The number of benzene rings is 1. The molecule has 0 atom stereocenters. The lowest BCUT2D eigenvalue weighted by Gasteiger charge is -2.18. The van der Waals surface area contributed by atoms with Crippen molar-refractivity contribution in [1.29, 1.82) is 0 Å². The lowest BCUT2D eigenvalue weighted by molar-refractivity contribution is -0.156. The first-order valence-corrected chi connectivity index (χ1v) is 5.27. The standard InChI is InChI=1S/C12H13NO3/c14-11(12(15)16)13-7-3-6-9-4-1-2-5-10(9)8-13/h1-2,4-5H,3,6-8H2,(H,15,16). The molecule has 0 saturated heterocycles. The van der Waals surface area contributed by atoms with Crippen LogP contribution in [-0.2, 0) is 22.6 Å². The maximum absolute atomic E-state index is 11.4. The largest absolute Gasteiger partial charge is 0.474 e. The number of aryl methyl sites for hydroxylation is 1. The lowest BCUT2D eigenvalue weighted by Crippen LogP contribution is -2.36. The first-order valence-electron chi connectivity index (χ1n) is 5.27. The van der Waals surface area contributed by atoms with Gasteiger partial charge in [-0.05, 0) is 24.0 Å². The van der Waals surface area contributed by atoms with E-state index in [1.54, 1.807) is 0 Å². The predicted octanol–water partition coefficient (Wildman–Crippen LogP) is 1.05. The minimum Gasteiger partial charge on any atom is -0.474 e. The molecule has 0 saturated carbocycles. The third kappa shape index (κ3) is 2.05. The molecule has 1 heterocycles. The SMILES string of the molecule is O=C(O)C(=O)N1CCCc2ccccc2C1. The number of hydrogen-bond donors (Lipinski definition) is 1. The van der Waals surface area contributed by atoms with E-state index in [1.165, 1.54) is 10.5 Å². The Balaban J connectivity index is 2.23. The zero-order valence-corrected chi connectivity index (χ0v) is 8.85. The molecule has 0 fully saturated rings. The van der Waals surface area contributed by atoms with Crippen molar-refractivity contribution in [2.45, 2.75) is 19.4 Å². The van der Waals surface area contributed by atoms with Crippen LogP contribution in [0.15, 0.2) is 24.3 Å². The van der Waals surface area contributed by atoms with Crippen LogP contribution in [0.3, 0.4) is 0 Å². The number of rotatable bonds is 0. The van der Waals surface area contributed by atoms with Crippen molar-refractivity contribution >= 4 is 11.9 Å². The molecule has 1 aromatic rings. The Morgan fingerprint density at radius 2 is 1.88 bits per heavy atom. The number of amides is 1. The molecule has 4 heteroatoms. The number of carbonyl (C=O) groups is 2. The molecule has 4 nitrogen and oxygen atoms in total. The summed E-state index contributed by atoms with van der Waals surface area (Å²) in [7, 11) is 0. The first kappa shape index (κ1) is 10.7. The Morgan fingerprint density at radius 1 is 1.19 bits per heavy atom. The summed E-state index contributed by atoms with van der Waals surface area (Å²) in [5.74, 6) is -2.18. The van der Waals surface area contributed by atoms with Gasteiger partial charge in [0.2, 0.25) is 0 Å². The Labute approximate surface area is 93.5 Å². The van der Waals surface area contributed by atoms with Gasteiger partial charge in [-0.1, -0.05) is 24.3 Å². The second-order valence-electron chi connectivity index (χ2n) is 3.90. The molecule has 1 aliphatic rings. The Hall–Kier alpha value is -1.84. The molecule has 2 rings (SSSR count). The number of fused-ring (bicyclic) bond motifs is 1. The van der Waals surface area contributed by atoms with Crippen molar-refractivity contribution in [3.8, 4) is 0 Å². The van der Waals surface area contributed by atoms with Crippen molar-refractivity contribution in [3.05, 3.63) is 35.4 Å². The van der Waals surface area contributed by atoms with Crippen LogP contribution in [0.1, 0.15) is 17.5 Å². The fraction of sp³-hybridized carbons (Fsp3) is 0.333. The molecule has 0 aliphatic carbocycles. The Kier molecular flexibility index (Phi) is 2.90. The van der Waals surface area contributed by atoms with E-state index in [1.807, 2.05) is 24.3 Å². The van der Waals surface area contributed by atoms with Gasteiger partial charge in [-0.3, -0.25) is 4.79 Å². The topological polar surface area (TPSA) is 57.6 Å². The van der Waals surface area contributed by atoms with E-state index in [2.05, 4.69) is 0 Å². The van der Waals surface area contributed by atoms with Crippen LogP contribution in [-0.4, -0.2) is 28.4 Å². The monoisotopic (exact) mass is 219 g/mol. The summed E-state index contributed by atoms with van der Waals surface area (Å²) < 4.78 is 0. The molecule has 1 aliphatic heterocycles. The summed E-state index contributed by atoms with van der Waals surface area (Å²) >= 11 is 0. The van der Waals surface area contributed by atoms with E-state index in [4.69, 9.17) is 5.11 Å². The van der Waals surface area contributed by atoms with Crippen LogP contribution in [0.4, 0.5) is 0 Å². The van der Waals surface area contributed by atoms with Crippen LogP contribution in [0, 0.1) is 0 Å². The maximum atomic E-state index is 11.4. The molecule has 1 amide bonds. The van der Waals surface area contributed by atoms with Gasteiger partial charge in [0, 0.05) is 13.1 Å². The highest BCUT2D eigenvalue weighted by molar-refractivity contribution is 6.31. The van der Waals surface area contributed by atoms with Crippen molar-refractivity contribution in [3.63, 3.8) is 0 Å². The number of hydrogen-bond acceptors (Lipinski definition) is 2. The van der Waals surface area contributed by atoms with Gasteiger partial charge in [0.1, 0.15) is 0 Å². The minimum absolute atomic E-state index is 0.404. The van der Waals surface area contributed by atoms with Gasteiger partial charge in [0.15, 0.2) is 0 Å². The highest BCUT2D eigenvalue weighted by Gasteiger charge is 2.23. The van der Waals surface area contributed by atoms with Crippen LogP contribution < -0.4 is 0 Å². The second-order valence-corrected chi connectivity index (χ2v) is 3.90. The molecule has 84 valence electrons. The quantitative estimate of drug-likeness (QED) is 0.663. The molecule has 0 radical (unpaired) electrons. The van der Waals surface area contributed by atoms with Crippen LogP contribution in [0.2, 0.25) is 0 Å². The van der Waals surface area contributed by atoms with Crippen LogP contribution in [0.5, 0.6) is 0 Å². The third-order valence-electron chi connectivity index (χ3n) is 2.82. The fourth-order valence-electron chi connectivity index (χ4n) is 2.01. The Morgan fingerprint density at radius 3 is 2.56 bits per heavy atom. The summed E-state index contributed by atoms with van der Waals surface area (Å²) in [6.45, 7) is 0.918. The third-order valence-corrected chi connectivity index (χ3v) is 2.82. The van der Waals surface area contributed by atoms with E-state index in [9.17, 15) is 9.59 Å². The summed E-state index contributed by atoms with van der Waals surface area (Å²) in [6.07, 6.45) is 1.72. The molecule has 1 N–H and O–H groups in total. The van der Waals surface area contributed by atoms with Gasteiger partial charge in [-0.25, -0.2) is 4.79 Å². The van der Waals surface area contributed by atoms with E-state index in [0.29, 0.717) is 13.1 Å². The molecule has 0 aromatic heterocycles. The fourth-order valence-corrected chi connectivity index (χ4v) is 2.01. The normalized spacial score (nSPS) is 15.1. The molecule has 16 heavy (non-hydrogen) atoms. The van der Waals surface area contributed by atoms with Crippen LogP contribution in [0.25, 0.3) is 0 Å². The molecular formula is C12H13NO3. The zero-order chi connectivity index (χ0) is 11.5. The number of aliphatic carboxylic acids is 1. The predicted molar refractivity (Wildman–Crippen MR) is 57.8 cm³/mol. The highest BCUT2D eigenvalue weighted by atomic mass is 16.4. The summed E-state index contributed by atoms with van der Waals surface area (Å²) in [4.78, 5) is 23.4. The summed E-state index contributed by atoms with van der Waals surface area (Å²) in [5, 5.41) is 8.68. The van der Waals surface area contributed by atoms with E-state index in [0.717, 1.165) is 18.4 Å². The molecule has 1 aromatic carbocycles. The van der Waals surface area contributed by atoms with Gasteiger partial charge >= 0.3 is 11.9 Å². The summed E-state index contributed by atoms with van der Waals surface area (Å²) in [5.41, 5.74) is 2.26. The smallest absolute Gasteiger partial charge is 0.394 e. The second kappa shape index (κ2) is 4.35. The van der Waals surface area contributed by atoms with Gasteiger partial charge in [-0.2, -0.15) is 0 Å². The van der Waals surface area contributed by atoms with Gasteiger partial charge in [0.05, 0.1) is 0 Å². The van der Waals surface area contributed by atoms with Crippen molar-refractivity contribution in [1.82, 2.24) is 4.90 Å². The number of carbonyl (C=O) groups excluding carboxylic acids is 1. The molecular weight excluding hydrogens is 206 g/mol. The van der Waals surface area contributed by atoms with E-state index >= 15 is 0 Å². The highest BCUT2D eigenvalue weighted by Crippen LogP contribution is 2.18. The van der Waals surface area contributed by atoms with Gasteiger partial charge < -0.3 is 10.0 Å². The number of carboxylic acids is 1. The molecule has 0 bridgehead atoms. The van der Waals surface area contributed by atoms with Crippen molar-refractivity contribution < 1.29 is 14.7 Å². The average molecular weight is 219 g/mol. The van der Waals surface area contributed by atoms with Gasteiger partial charge in [-0.15, -0.1) is 0 Å². The molecule has 0 unspecified atom stereocenters. The molecule has 0 spiro atoms. The Bertz CT molecular complexity index is 428.